The lowest BCUT2D eigenvalue weighted by molar-refractivity contribution is 0.479. The molecule has 1 aliphatic carbocycles. The Labute approximate surface area is 136 Å². The Morgan fingerprint density at radius 3 is 3.00 bits per heavy atom. The Hall–Kier alpha value is -2.25. The molecule has 3 aromatic rings. The summed E-state index contributed by atoms with van der Waals surface area (Å²) >= 11 is 3.49. The topological polar surface area (TPSA) is 37.9 Å². The number of nitrogens with zero attached hydrogens (tertiary/aromatic N) is 1. The number of pyridine rings is 1. The van der Waals surface area contributed by atoms with Crippen LogP contribution in [0.1, 0.15) is 18.4 Å². The Morgan fingerprint density at radius 1 is 1.23 bits per heavy atom. The second-order valence-corrected chi connectivity index (χ2v) is 6.29. The van der Waals surface area contributed by atoms with Crippen molar-refractivity contribution in [1.82, 2.24) is 9.97 Å². The molecule has 1 fully saturated rings. The summed E-state index contributed by atoms with van der Waals surface area (Å²) in [6, 6.07) is 9.86. The van der Waals surface area contributed by atoms with Gasteiger partial charge in [0.05, 0.1) is 11.8 Å². The molecule has 0 unspecified atom stereocenters. The number of aromatic amines is 1. The van der Waals surface area contributed by atoms with Crippen molar-refractivity contribution < 1.29 is 4.74 Å². The van der Waals surface area contributed by atoms with Crippen LogP contribution >= 0.6 is 15.9 Å². The largest absolute Gasteiger partial charge is 0.454 e. The SMILES string of the molecule is Brc1ccc(C#CC2CC2)c(Oc2cnc3[nH]ccc3c2)c1. The monoisotopic (exact) mass is 352 g/mol. The molecule has 108 valence electrons. The van der Waals surface area contributed by atoms with Gasteiger partial charge >= 0.3 is 0 Å². The third kappa shape index (κ3) is 2.86. The van der Waals surface area contributed by atoms with E-state index in [0.717, 1.165) is 26.8 Å². The van der Waals surface area contributed by atoms with E-state index in [1.807, 2.05) is 36.5 Å². The summed E-state index contributed by atoms with van der Waals surface area (Å²) in [5, 5.41) is 1.03. The Kier molecular flexibility index (Phi) is 3.36. The second kappa shape index (κ2) is 5.51. The summed E-state index contributed by atoms with van der Waals surface area (Å²) in [4.78, 5) is 7.42. The van der Waals surface area contributed by atoms with Gasteiger partial charge < -0.3 is 9.72 Å². The molecule has 1 aromatic carbocycles. The van der Waals surface area contributed by atoms with Gasteiger partial charge in [-0.05, 0) is 43.2 Å². The fraction of sp³-hybridized carbons (Fsp3) is 0.167. The zero-order chi connectivity index (χ0) is 14.9. The molecule has 0 spiro atoms. The number of fused-ring (bicyclic) bond motifs is 1. The van der Waals surface area contributed by atoms with Crippen molar-refractivity contribution in [2.24, 2.45) is 5.92 Å². The molecule has 1 saturated carbocycles. The highest BCUT2D eigenvalue weighted by Gasteiger charge is 2.18. The van der Waals surface area contributed by atoms with E-state index < -0.39 is 0 Å². The van der Waals surface area contributed by atoms with E-state index >= 15 is 0 Å². The van der Waals surface area contributed by atoms with Crippen molar-refractivity contribution in [2.45, 2.75) is 12.8 Å². The fourth-order valence-corrected chi connectivity index (χ4v) is 2.53. The van der Waals surface area contributed by atoms with Crippen LogP contribution in [0.3, 0.4) is 0 Å². The molecular weight excluding hydrogens is 340 g/mol. The maximum Gasteiger partial charge on any atom is 0.146 e. The molecule has 1 N–H and O–H groups in total. The van der Waals surface area contributed by atoms with Crippen LogP contribution in [0, 0.1) is 17.8 Å². The molecule has 0 amide bonds. The predicted molar refractivity (Wildman–Crippen MR) is 89.9 cm³/mol. The maximum absolute atomic E-state index is 6.01. The molecule has 1 aliphatic rings. The van der Waals surface area contributed by atoms with E-state index in [1.165, 1.54) is 12.8 Å². The average Bonchev–Trinajstić information content (AvgIpc) is 3.22. The summed E-state index contributed by atoms with van der Waals surface area (Å²) < 4.78 is 6.98. The minimum Gasteiger partial charge on any atom is -0.454 e. The average molecular weight is 353 g/mol. The van der Waals surface area contributed by atoms with Crippen LogP contribution in [0.5, 0.6) is 11.5 Å². The van der Waals surface area contributed by atoms with Crippen LogP contribution in [0.15, 0.2) is 47.2 Å². The Balaban J connectivity index is 1.68. The minimum atomic E-state index is 0.564. The smallest absolute Gasteiger partial charge is 0.146 e. The number of benzene rings is 1. The Bertz CT molecular complexity index is 900. The molecule has 2 aromatic heterocycles. The number of rotatable bonds is 2. The second-order valence-electron chi connectivity index (χ2n) is 5.37. The van der Waals surface area contributed by atoms with Gasteiger partial charge in [0.15, 0.2) is 0 Å². The number of ether oxygens (including phenoxy) is 1. The van der Waals surface area contributed by atoms with Gasteiger partial charge in [-0.15, -0.1) is 0 Å². The van der Waals surface area contributed by atoms with E-state index in [4.69, 9.17) is 4.74 Å². The number of aromatic nitrogens is 2. The molecule has 0 aliphatic heterocycles. The standard InChI is InChI=1S/C18H13BrN2O/c19-15-6-5-13(4-3-12-1-2-12)17(10-15)22-16-9-14-7-8-20-18(14)21-11-16/h5-12H,1-2H2,(H,20,21). The number of hydrogen-bond donors (Lipinski definition) is 1. The molecular formula is C18H13BrN2O. The van der Waals surface area contributed by atoms with E-state index in [0.29, 0.717) is 11.7 Å². The predicted octanol–water partition coefficient (Wildman–Crippen LogP) is 4.88. The summed E-state index contributed by atoms with van der Waals surface area (Å²) in [6.07, 6.45) is 6.02. The van der Waals surface area contributed by atoms with Gasteiger partial charge in [0.1, 0.15) is 17.1 Å². The molecule has 4 rings (SSSR count). The van der Waals surface area contributed by atoms with Gasteiger partial charge in [-0.2, -0.15) is 0 Å². The molecule has 3 nitrogen and oxygen atoms in total. The molecule has 0 bridgehead atoms. The van der Waals surface area contributed by atoms with Crippen molar-refractivity contribution in [1.29, 1.82) is 0 Å². The van der Waals surface area contributed by atoms with Gasteiger partial charge in [0, 0.05) is 22.0 Å². The van der Waals surface area contributed by atoms with Crippen LogP contribution in [0.2, 0.25) is 0 Å². The molecule has 22 heavy (non-hydrogen) atoms. The zero-order valence-corrected chi connectivity index (χ0v) is 13.4. The highest BCUT2D eigenvalue weighted by Crippen LogP contribution is 2.31. The van der Waals surface area contributed by atoms with E-state index in [2.05, 4.69) is 37.7 Å². The van der Waals surface area contributed by atoms with Crippen LogP contribution in [0.25, 0.3) is 11.0 Å². The fourth-order valence-electron chi connectivity index (χ4n) is 2.19. The summed E-state index contributed by atoms with van der Waals surface area (Å²) in [5.74, 6) is 8.53. The highest BCUT2D eigenvalue weighted by molar-refractivity contribution is 9.10. The normalized spacial score (nSPS) is 13.7. The highest BCUT2D eigenvalue weighted by atomic mass is 79.9. The van der Waals surface area contributed by atoms with Crippen molar-refractivity contribution >= 4 is 27.0 Å². The first-order valence-corrected chi connectivity index (χ1v) is 7.99. The van der Waals surface area contributed by atoms with Crippen LogP contribution < -0.4 is 4.74 Å². The Morgan fingerprint density at radius 2 is 2.14 bits per heavy atom. The molecule has 0 atom stereocenters. The number of hydrogen-bond acceptors (Lipinski definition) is 2. The lowest BCUT2D eigenvalue weighted by atomic mass is 10.2. The number of nitrogens with one attached hydrogen (secondary N) is 1. The quantitative estimate of drug-likeness (QED) is 0.667. The first-order chi connectivity index (χ1) is 10.8. The molecule has 0 radical (unpaired) electrons. The van der Waals surface area contributed by atoms with Crippen LogP contribution in [0.4, 0.5) is 0 Å². The van der Waals surface area contributed by atoms with E-state index in [9.17, 15) is 0 Å². The minimum absolute atomic E-state index is 0.564. The summed E-state index contributed by atoms with van der Waals surface area (Å²) in [6.45, 7) is 0. The third-order valence-corrected chi connectivity index (χ3v) is 4.03. The lowest BCUT2D eigenvalue weighted by Gasteiger charge is -2.08. The van der Waals surface area contributed by atoms with Crippen molar-refractivity contribution in [3.05, 3.63) is 52.8 Å². The van der Waals surface area contributed by atoms with Gasteiger partial charge in [-0.1, -0.05) is 27.8 Å². The molecule has 2 heterocycles. The van der Waals surface area contributed by atoms with Gasteiger partial charge in [0.25, 0.3) is 0 Å². The third-order valence-electron chi connectivity index (χ3n) is 3.53. The number of H-pyrrole nitrogens is 1. The summed E-state index contributed by atoms with van der Waals surface area (Å²) in [7, 11) is 0. The first kappa shape index (κ1) is 13.4. The summed E-state index contributed by atoms with van der Waals surface area (Å²) in [5.41, 5.74) is 1.76. The van der Waals surface area contributed by atoms with Crippen molar-refractivity contribution in [3.8, 4) is 23.3 Å². The van der Waals surface area contributed by atoms with Gasteiger partial charge in [-0.25, -0.2) is 4.98 Å². The van der Waals surface area contributed by atoms with Crippen molar-refractivity contribution in [2.75, 3.05) is 0 Å². The first-order valence-electron chi connectivity index (χ1n) is 7.20. The zero-order valence-electron chi connectivity index (χ0n) is 11.8. The van der Waals surface area contributed by atoms with E-state index in [-0.39, 0.29) is 0 Å². The molecule has 0 saturated heterocycles. The maximum atomic E-state index is 6.01. The molecule has 4 heteroatoms. The van der Waals surface area contributed by atoms with Gasteiger partial charge in [-0.3, -0.25) is 0 Å². The van der Waals surface area contributed by atoms with Crippen LogP contribution in [-0.2, 0) is 0 Å². The van der Waals surface area contributed by atoms with E-state index in [1.54, 1.807) is 6.20 Å². The lowest BCUT2D eigenvalue weighted by Crippen LogP contribution is -1.90. The van der Waals surface area contributed by atoms with Gasteiger partial charge in [0.2, 0.25) is 0 Å². The van der Waals surface area contributed by atoms with Crippen molar-refractivity contribution in [3.63, 3.8) is 0 Å². The number of halogens is 1. The van der Waals surface area contributed by atoms with Crippen LogP contribution in [-0.4, -0.2) is 9.97 Å².